The number of nitrogens with one attached hydrogen (secondary N) is 4. The maximum absolute atomic E-state index is 12.3. The number of amides is 4. The maximum atomic E-state index is 12.3. The van der Waals surface area contributed by atoms with E-state index in [4.69, 9.17) is 0 Å². The van der Waals surface area contributed by atoms with E-state index in [1.54, 1.807) is 48.5 Å². The molecule has 0 aliphatic carbocycles. The SMILES string of the molecule is COC(=O)c1ccc(NC(=O)Nc2ccc(Cc3ccc(NC(=O)Nc4ccc(C(=O)OC)cc4)cc3)cc2)cc1. The number of methoxy groups -OCH3 is 2. The van der Waals surface area contributed by atoms with Crippen LogP contribution in [0.1, 0.15) is 31.8 Å². The average molecular weight is 553 g/mol. The molecule has 4 rings (SSSR count). The van der Waals surface area contributed by atoms with Crippen molar-refractivity contribution in [2.45, 2.75) is 6.42 Å². The average Bonchev–Trinajstić information content (AvgIpc) is 2.99. The van der Waals surface area contributed by atoms with Gasteiger partial charge in [0.05, 0.1) is 25.3 Å². The first-order valence-corrected chi connectivity index (χ1v) is 12.5. The quantitative estimate of drug-likeness (QED) is 0.194. The molecule has 0 aliphatic rings. The second-order valence-electron chi connectivity index (χ2n) is 8.87. The summed E-state index contributed by atoms with van der Waals surface area (Å²) in [6.07, 6.45) is 0.665. The van der Waals surface area contributed by atoms with Gasteiger partial charge in [0.1, 0.15) is 0 Å². The molecule has 10 heteroatoms. The smallest absolute Gasteiger partial charge is 0.337 e. The zero-order valence-corrected chi connectivity index (χ0v) is 22.4. The minimum Gasteiger partial charge on any atom is -0.465 e. The summed E-state index contributed by atoms with van der Waals surface area (Å²) >= 11 is 0. The second-order valence-corrected chi connectivity index (χ2v) is 8.87. The van der Waals surface area contributed by atoms with Crippen LogP contribution in [0.3, 0.4) is 0 Å². The number of anilines is 4. The van der Waals surface area contributed by atoms with E-state index in [-0.39, 0.29) is 0 Å². The zero-order valence-electron chi connectivity index (χ0n) is 22.4. The van der Waals surface area contributed by atoms with Crippen molar-refractivity contribution in [2.75, 3.05) is 35.5 Å². The first kappa shape index (κ1) is 28.4. The van der Waals surface area contributed by atoms with Crippen LogP contribution in [0.5, 0.6) is 0 Å². The number of benzene rings is 4. The van der Waals surface area contributed by atoms with E-state index in [9.17, 15) is 19.2 Å². The first-order chi connectivity index (χ1) is 19.8. The molecule has 0 radical (unpaired) electrons. The van der Waals surface area contributed by atoms with Gasteiger partial charge >= 0.3 is 24.0 Å². The molecule has 10 nitrogen and oxygen atoms in total. The molecule has 0 aromatic heterocycles. The predicted octanol–water partition coefficient (Wildman–Crippen LogP) is 6.14. The van der Waals surface area contributed by atoms with Crippen molar-refractivity contribution in [3.8, 4) is 0 Å². The lowest BCUT2D eigenvalue weighted by Gasteiger charge is -2.10. The summed E-state index contributed by atoms with van der Waals surface area (Å²) in [7, 11) is 2.62. The summed E-state index contributed by atoms with van der Waals surface area (Å²) < 4.78 is 9.33. The number of esters is 2. The Hall–Kier alpha value is -5.64. The van der Waals surface area contributed by atoms with E-state index in [1.807, 2.05) is 48.5 Å². The number of hydrogen-bond donors (Lipinski definition) is 4. The van der Waals surface area contributed by atoms with Crippen molar-refractivity contribution >= 4 is 46.8 Å². The van der Waals surface area contributed by atoms with Crippen molar-refractivity contribution in [1.82, 2.24) is 0 Å². The number of carbonyl (C=O) groups excluding carboxylic acids is 4. The molecule has 0 saturated heterocycles. The van der Waals surface area contributed by atoms with Gasteiger partial charge in [0.25, 0.3) is 0 Å². The molecule has 4 amide bonds. The van der Waals surface area contributed by atoms with E-state index in [0.717, 1.165) is 11.1 Å². The number of rotatable bonds is 8. The fraction of sp³-hybridized carbons (Fsp3) is 0.0968. The molecular weight excluding hydrogens is 524 g/mol. The van der Waals surface area contributed by atoms with Gasteiger partial charge in [0.15, 0.2) is 0 Å². The highest BCUT2D eigenvalue weighted by atomic mass is 16.5. The Morgan fingerprint density at radius 3 is 1.00 bits per heavy atom. The number of carbonyl (C=O) groups is 4. The summed E-state index contributed by atoms with van der Waals surface area (Å²) in [5.74, 6) is -0.891. The van der Waals surface area contributed by atoms with Crippen LogP contribution in [0.4, 0.5) is 32.3 Å². The highest BCUT2D eigenvalue weighted by Crippen LogP contribution is 2.18. The van der Waals surface area contributed by atoms with Gasteiger partial charge < -0.3 is 30.7 Å². The standard InChI is InChI=1S/C31H28N4O6/c1-40-28(36)22-7-15-26(16-8-22)34-30(38)32-24-11-3-20(4-12-24)19-21-5-13-25(14-6-21)33-31(39)35-27-17-9-23(10-18-27)29(37)41-2/h3-18H,19H2,1-2H3,(H2,32,34,38)(H2,33,35,39). The molecule has 0 bridgehead atoms. The summed E-state index contributed by atoms with van der Waals surface area (Å²) in [4.78, 5) is 47.7. The molecule has 0 fully saturated rings. The van der Waals surface area contributed by atoms with E-state index >= 15 is 0 Å². The monoisotopic (exact) mass is 552 g/mol. The molecule has 0 heterocycles. The Morgan fingerprint density at radius 1 is 0.463 bits per heavy atom. The lowest BCUT2D eigenvalue weighted by Crippen LogP contribution is -2.19. The van der Waals surface area contributed by atoms with Gasteiger partial charge in [0, 0.05) is 22.7 Å². The molecular formula is C31H28N4O6. The lowest BCUT2D eigenvalue weighted by atomic mass is 10.0. The topological polar surface area (TPSA) is 135 Å². The molecule has 208 valence electrons. The fourth-order valence-electron chi connectivity index (χ4n) is 3.85. The van der Waals surface area contributed by atoms with Gasteiger partial charge in [-0.1, -0.05) is 24.3 Å². The van der Waals surface area contributed by atoms with Crippen LogP contribution in [0, 0.1) is 0 Å². The first-order valence-electron chi connectivity index (χ1n) is 12.5. The molecule has 0 atom stereocenters. The third-order valence-corrected chi connectivity index (χ3v) is 5.96. The van der Waals surface area contributed by atoms with Crippen LogP contribution < -0.4 is 21.3 Å². The Labute approximate surface area is 236 Å². The summed E-state index contributed by atoms with van der Waals surface area (Å²) in [5.41, 5.74) is 5.21. The minimum absolute atomic E-state index is 0.395. The second kappa shape index (κ2) is 13.4. The van der Waals surface area contributed by atoms with Crippen LogP contribution in [0.2, 0.25) is 0 Å². The highest BCUT2D eigenvalue weighted by Gasteiger charge is 2.09. The van der Waals surface area contributed by atoms with Crippen molar-refractivity contribution < 1.29 is 28.7 Å². The number of ether oxygens (including phenoxy) is 2. The lowest BCUT2D eigenvalue weighted by molar-refractivity contribution is 0.0592. The van der Waals surface area contributed by atoms with E-state index in [2.05, 4.69) is 30.7 Å². The fourth-order valence-corrected chi connectivity index (χ4v) is 3.85. The summed E-state index contributed by atoms with van der Waals surface area (Å²) in [6.45, 7) is 0. The molecule has 0 unspecified atom stereocenters. The normalized spacial score (nSPS) is 10.2. The number of hydrogen-bond acceptors (Lipinski definition) is 6. The Kier molecular flexibility index (Phi) is 9.29. The third-order valence-electron chi connectivity index (χ3n) is 5.96. The van der Waals surface area contributed by atoms with Crippen LogP contribution in [-0.2, 0) is 15.9 Å². The summed E-state index contributed by atoms with van der Waals surface area (Å²) in [6, 6.07) is 26.9. The Bertz CT molecular complexity index is 1400. The molecule has 0 spiro atoms. The number of urea groups is 2. The van der Waals surface area contributed by atoms with Crippen LogP contribution >= 0.6 is 0 Å². The minimum atomic E-state index is -0.446. The van der Waals surface area contributed by atoms with Gasteiger partial charge in [-0.15, -0.1) is 0 Å². The third kappa shape index (κ3) is 8.17. The molecule has 41 heavy (non-hydrogen) atoms. The van der Waals surface area contributed by atoms with Crippen molar-refractivity contribution in [3.05, 3.63) is 119 Å². The van der Waals surface area contributed by atoms with Gasteiger partial charge in [-0.25, -0.2) is 19.2 Å². The maximum Gasteiger partial charge on any atom is 0.337 e. The van der Waals surface area contributed by atoms with Crippen molar-refractivity contribution in [3.63, 3.8) is 0 Å². The van der Waals surface area contributed by atoms with Gasteiger partial charge in [-0.2, -0.15) is 0 Å². The van der Waals surface area contributed by atoms with Gasteiger partial charge in [-0.05, 0) is 90.3 Å². The van der Waals surface area contributed by atoms with Gasteiger partial charge in [-0.3, -0.25) is 0 Å². The van der Waals surface area contributed by atoms with Crippen LogP contribution in [-0.4, -0.2) is 38.2 Å². The van der Waals surface area contributed by atoms with E-state index in [0.29, 0.717) is 40.3 Å². The Morgan fingerprint density at radius 2 is 0.732 bits per heavy atom. The van der Waals surface area contributed by atoms with Crippen LogP contribution in [0.25, 0.3) is 0 Å². The van der Waals surface area contributed by atoms with E-state index in [1.165, 1.54) is 14.2 Å². The predicted molar refractivity (Wildman–Crippen MR) is 157 cm³/mol. The molecule has 4 N–H and O–H groups in total. The van der Waals surface area contributed by atoms with Crippen LogP contribution in [0.15, 0.2) is 97.1 Å². The van der Waals surface area contributed by atoms with E-state index < -0.39 is 24.0 Å². The molecule has 4 aromatic carbocycles. The Balaban J connectivity index is 1.24. The van der Waals surface area contributed by atoms with Gasteiger partial charge in [0.2, 0.25) is 0 Å². The molecule has 0 saturated carbocycles. The molecule has 0 aliphatic heterocycles. The van der Waals surface area contributed by atoms with Crippen molar-refractivity contribution in [2.24, 2.45) is 0 Å². The largest absolute Gasteiger partial charge is 0.465 e. The highest BCUT2D eigenvalue weighted by molar-refractivity contribution is 6.01. The zero-order chi connectivity index (χ0) is 29.2. The summed E-state index contributed by atoms with van der Waals surface area (Å²) in [5, 5.41) is 11.0. The van der Waals surface area contributed by atoms with Crippen molar-refractivity contribution in [1.29, 1.82) is 0 Å². The molecule has 4 aromatic rings.